The molecule has 0 unspecified atom stereocenters. The van der Waals surface area contributed by atoms with Crippen molar-refractivity contribution in [2.45, 2.75) is 6.54 Å². The molecule has 1 amide bonds. The lowest BCUT2D eigenvalue weighted by Gasteiger charge is -2.28. The number of pyridine rings is 1. The molecule has 0 aliphatic carbocycles. The van der Waals surface area contributed by atoms with Gasteiger partial charge in [-0.15, -0.1) is 11.3 Å². The molecule has 0 atom stereocenters. The molecule has 5 rings (SSSR count). The summed E-state index contributed by atoms with van der Waals surface area (Å²) in [5, 5.41) is 4.15. The van der Waals surface area contributed by atoms with E-state index in [2.05, 4.69) is 27.3 Å². The summed E-state index contributed by atoms with van der Waals surface area (Å²) in [6.45, 7) is 3.49. The molecule has 1 aromatic carbocycles. The highest BCUT2D eigenvalue weighted by atomic mass is 32.1. The summed E-state index contributed by atoms with van der Waals surface area (Å²) >= 11 is 1.54. The molecule has 4 aromatic rings. The normalized spacial score (nSPS) is 14.2. The first-order chi connectivity index (χ1) is 14.8. The molecule has 1 N–H and O–H groups in total. The predicted octanol–water partition coefficient (Wildman–Crippen LogP) is 3.83. The minimum atomic E-state index is -0.0752. The van der Waals surface area contributed by atoms with E-state index in [4.69, 9.17) is 4.74 Å². The SMILES string of the molecule is O=C(NCc1cn2ccccc2n1)c1cc(-c2ccccc2)c(N2CCOCC2)s1. The fraction of sp³-hybridized carbons (Fsp3) is 0.217. The lowest BCUT2D eigenvalue weighted by Crippen LogP contribution is -2.35. The van der Waals surface area contributed by atoms with Gasteiger partial charge in [-0.05, 0) is 23.8 Å². The van der Waals surface area contributed by atoms with E-state index < -0.39 is 0 Å². The van der Waals surface area contributed by atoms with Gasteiger partial charge in [0.05, 0.1) is 35.3 Å². The summed E-state index contributed by atoms with van der Waals surface area (Å²) < 4.78 is 7.46. The first-order valence-corrected chi connectivity index (χ1v) is 10.8. The van der Waals surface area contributed by atoms with Gasteiger partial charge in [0.25, 0.3) is 5.91 Å². The second-order valence-electron chi connectivity index (χ2n) is 7.18. The minimum absolute atomic E-state index is 0.0752. The molecule has 1 aliphatic heterocycles. The third-order valence-corrected chi connectivity index (χ3v) is 6.36. The Morgan fingerprint density at radius 2 is 1.90 bits per heavy atom. The van der Waals surface area contributed by atoms with Crippen molar-refractivity contribution in [2.24, 2.45) is 0 Å². The maximum absolute atomic E-state index is 12.9. The maximum Gasteiger partial charge on any atom is 0.261 e. The Hall–Kier alpha value is -3.16. The number of nitrogens with one attached hydrogen (secondary N) is 1. The molecule has 6 nitrogen and oxygen atoms in total. The van der Waals surface area contributed by atoms with E-state index in [1.54, 1.807) is 11.3 Å². The third-order valence-electron chi connectivity index (χ3n) is 5.16. The summed E-state index contributed by atoms with van der Waals surface area (Å²) in [5.41, 5.74) is 3.93. The van der Waals surface area contributed by atoms with Crippen LogP contribution in [0, 0.1) is 0 Å². The van der Waals surface area contributed by atoms with Crippen LogP contribution in [0.5, 0.6) is 0 Å². The van der Waals surface area contributed by atoms with Gasteiger partial charge in [0, 0.05) is 31.0 Å². The van der Waals surface area contributed by atoms with E-state index in [-0.39, 0.29) is 5.91 Å². The zero-order valence-corrected chi connectivity index (χ0v) is 17.3. The molecule has 4 heterocycles. The number of fused-ring (bicyclic) bond motifs is 1. The van der Waals surface area contributed by atoms with Gasteiger partial charge < -0.3 is 19.4 Å². The second kappa shape index (κ2) is 8.30. The van der Waals surface area contributed by atoms with Gasteiger partial charge >= 0.3 is 0 Å². The van der Waals surface area contributed by atoms with Crippen molar-refractivity contribution in [3.05, 3.63) is 77.6 Å². The zero-order chi connectivity index (χ0) is 20.3. The van der Waals surface area contributed by atoms with Crippen molar-refractivity contribution >= 4 is 27.9 Å². The average molecular weight is 419 g/mol. The van der Waals surface area contributed by atoms with E-state index in [9.17, 15) is 4.79 Å². The van der Waals surface area contributed by atoms with Crippen LogP contribution >= 0.6 is 11.3 Å². The number of imidazole rings is 1. The number of hydrogen-bond acceptors (Lipinski definition) is 5. The van der Waals surface area contributed by atoms with Crippen LogP contribution in [0.2, 0.25) is 0 Å². The largest absolute Gasteiger partial charge is 0.378 e. The van der Waals surface area contributed by atoms with Crippen molar-refractivity contribution in [2.75, 3.05) is 31.2 Å². The van der Waals surface area contributed by atoms with E-state index in [1.807, 2.05) is 59.3 Å². The van der Waals surface area contributed by atoms with Gasteiger partial charge in [-0.2, -0.15) is 0 Å². The van der Waals surface area contributed by atoms with Gasteiger partial charge in [-0.1, -0.05) is 36.4 Å². The Morgan fingerprint density at radius 1 is 1.10 bits per heavy atom. The monoisotopic (exact) mass is 418 g/mol. The number of hydrogen-bond donors (Lipinski definition) is 1. The molecular weight excluding hydrogens is 396 g/mol. The summed E-state index contributed by atoms with van der Waals surface area (Å²) in [6.07, 6.45) is 3.90. The van der Waals surface area contributed by atoms with Gasteiger partial charge in [0.1, 0.15) is 5.65 Å². The molecule has 0 spiro atoms. The molecule has 7 heteroatoms. The van der Waals surface area contributed by atoms with Crippen LogP contribution in [0.1, 0.15) is 15.4 Å². The van der Waals surface area contributed by atoms with Crippen LogP contribution in [0.15, 0.2) is 67.0 Å². The van der Waals surface area contributed by atoms with E-state index in [1.165, 1.54) is 0 Å². The molecule has 0 bridgehead atoms. The third kappa shape index (κ3) is 3.81. The van der Waals surface area contributed by atoms with Gasteiger partial charge in [-0.3, -0.25) is 4.79 Å². The van der Waals surface area contributed by atoms with Crippen LogP contribution in [0.3, 0.4) is 0 Å². The number of carbonyl (C=O) groups excluding carboxylic acids is 1. The predicted molar refractivity (Wildman–Crippen MR) is 119 cm³/mol. The molecular formula is C23H22N4O2S. The molecule has 0 radical (unpaired) electrons. The summed E-state index contributed by atoms with van der Waals surface area (Å²) in [7, 11) is 0. The van der Waals surface area contributed by atoms with Crippen molar-refractivity contribution in [1.82, 2.24) is 14.7 Å². The smallest absolute Gasteiger partial charge is 0.261 e. The minimum Gasteiger partial charge on any atom is -0.378 e. The van der Waals surface area contributed by atoms with Crippen LogP contribution in [0.4, 0.5) is 5.00 Å². The molecule has 0 saturated carbocycles. The number of benzene rings is 1. The van der Waals surface area contributed by atoms with Crippen LogP contribution in [0.25, 0.3) is 16.8 Å². The Morgan fingerprint density at radius 3 is 2.70 bits per heavy atom. The number of morpholine rings is 1. The molecule has 1 aliphatic rings. The molecule has 30 heavy (non-hydrogen) atoms. The van der Waals surface area contributed by atoms with Crippen molar-refractivity contribution in [1.29, 1.82) is 0 Å². The van der Waals surface area contributed by atoms with Gasteiger partial charge in [-0.25, -0.2) is 4.98 Å². The number of carbonyl (C=O) groups is 1. The lowest BCUT2D eigenvalue weighted by molar-refractivity contribution is 0.0954. The Labute approximate surface area is 178 Å². The summed E-state index contributed by atoms with van der Waals surface area (Å²) in [4.78, 5) is 20.5. The highest BCUT2D eigenvalue weighted by Gasteiger charge is 2.22. The molecule has 1 fully saturated rings. The highest BCUT2D eigenvalue weighted by molar-refractivity contribution is 7.18. The quantitative estimate of drug-likeness (QED) is 0.535. The highest BCUT2D eigenvalue weighted by Crippen LogP contribution is 2.39. The summed E-state index contributed by atoms with van der Waals surface area (Å²) in [5.74, 6) is -0.0752. The van der Waals surface area contributed by atoms with Crippen LogP contribution in [-0.4, -0.2) is 41.6 Å². The number of anilines is 1. The van der Waals surface area contributed by atoms with E-state index in [0.29, 0.717) is 24.6 Å². The first-order valence-electron chi connectivity index (χ1n) is 10.0. The first kappa shape index (κ1) is 18.8. The molecule has 152 valence electrons. The summed E-state index contributed by atoms with van der Waals surface area (Å²) in [6, 6.07) is 18.1. The molecule has 3 aromatic heterocycles. The van der Waals surface area contributed by atoms with E-state index >= 15 is 0 Å². The van der Waals surface area contributed by atoms with Crippen molar-refractivity contribution in [3.63, 3.8) is 0 Å². The van der Waals surface area contributed by atoms with Crippen LogP contribution < -0.4 is 10.2 Å². The van der Waals surface area contributed by atoms with Crippen molar-refractivity contribution < 1.29 is 9.53 Å². The number of aromatic nitrogens is 2. The Kier molecular flexibility index (Phi) is 5.21. The number of rotatable bonds is 5. The van der Waals surface area contributed by atoms with Crippen LogP contribution in [-0.2, 0) is 11.3 Å². The Bertz CT molecular complexity index is 1130. The van der Waals surface area contributed by atoms with Gasteiger partial charge in [0.15, 0.2) is 0 Å². The second-order valence-corrected chi connectivity index (χ2v) is 8.21. The number of nitrogens with zero attached hydrogens (tertiary/aromatic N) is 3. The number of ether oxygens (including phenoxy) is 1. The fourth-order valence-electron chi connectivity index (χ4n) is 3.65. The average Bonchev–Trinajstić information content (AvgIpc) is 3.43. The number of thiophene rings is 1. The number of amides is 1. The Balaban J connectivity index is 1.39. The molecule has 1 saturated heterocycles. The fourth-order valence-corrected chi connectivity index (χ4v) is 4.80. The standard InChI is InChI=1S/C23H22N4O2S/c28-22(24-15-18-16-27-9-5-4-8-21(27)25-18)20-14-19(17-6-2-1-3-7-17)23(30-20)26-10-12-29-13-11-26/h1-9,14,16H,10-13,15H2,(H,24,28). The van der Waals surface area contributed by atoms with E-state index in [0.717, 1.165) is 40.6 Å². The maximum atomic E-state index is 12.9. The lowest BCUT2D eigenvalue weighted by atomic mass is 10.1. The van der Waals surface area contributed by atoms with Crippen molar-refractivity contribution in [3.8, 4) is 11.1 Å². The zero-order valence-electron chi connectivity index (χ0n) is 16.5. The topological polar surface area (TPSA) is 58.9 Å². The van der Waals surface area contributed by atoms with Gasteiger partial charge in [0.2, 0.25) is 0 Å².